The molecule has 4 rings (SSSR count). The van der Waals surface area contributed by atoms with Crippen molar-refractivity contribution in [3.05, 3.63) is 59.5 Å². The Balaban J connectivity index is 1.32. The van der Waals surface area contributed by atoms with Gasteiger partial charge in [0.25, 0.3) is 11.8 Å². The monoisotopic (exact) mass is 466 g/mol. The minimum atomic E-state index is -4.75. The fourth-order valence-electron chi connectivity index (χ4n) is 3.12. The summed E-state index contributed by atoms with van der Waals surface area (Å²) in [5.41, 5.74) is 0.748. The lowest BCUT2D eigenvalue weighted by molar-refractivity contribution is -0.274. The summed E-state index contributed by atoms with van der Waals surface area (Å²) < 4.78 is 45.7. The number of alkyl halides is 3. The number of aromatic nitrogens is 1. The second-order valence-corrected chi connectivity index (χ2v) is 7.65. The number of nitrogens with zero attached hydrogens (tertiary/aromatic N) is 3. The average Bonchev–Trinajstić information content (AvgIpc) is 3.46. The first kappa shape index (κ1) is 21.7. The molecule has 2 aromatic heterocycles. The number of carbonyl (C=O) groups is 2. The number of halogens is 3. The van der Waals surface area contributed by atoms with E-state index < -0.39 is 6.36 Å². The first-order chi connectivity index (χ1) is 15.3. The molecular weight excluding hydrogens is 449 g/mol. The fourth-order valence-corrected chi connectivity index (χ4v) is 3.83. The van der Waals surface area contributed by atoms with Crippen LogP contribution in [0, 0.1) is 0 Å². The molecule has 8 nitrogen and oxygen atoms in total. The third-order valence-corrected chi connectivity index (χ3v) is 5.41. The Morgan fingerprint density at radius 3 is 2.28 bits per heavy atom. The number of furan rings is 1. The van der Waals surface area contributed by atoms with E-state index in [1.165, 1.54) is 41.9 Å². The molecular formula is C20H17F3N4O4S. The van der Waals surface area contributed by atoms with Gasteiger partial charge in [-0.05, 0) is 36.4 Å². The highest BCUT2D eigenvalue weighted by Crippen LogP contribution is 2.26. The number of rotatable bonds is 5. The van der Waals surface area contributed by atoms with Crippen LogP contribution in [0.2, 0.25) is 0 Å². The molecule has 3 heterocycles. The number of carbonyl (C=O) groups excluding carboxylic acids is 2. The topological polar surface area (TPSA) is 87.9 Å². The van der Waals surface area contributed by atoms with Crippen LogP contribution in [-0.2, 0) is 0 Å². The molecule has 168 valence electrons. The fraction of sp³-hybridized carbons (Fsp3) is 0.250. The van der Waals surface area contributed by atoms with E-state index in [0.717, 1.165) is 0 Å². The number of hydrogen-bond donors (Lipinski definition) is 1. The molecule has 0 saturated carbocycles. The minimum Gasteiger partial charge on any atom is -0.459 e. The predicted octanol–water partition coefficient (Wildman–Crippen LogP) is 3.98. The Morgan fingerprint density at radius 1 is 1.03 bits per heavy atom. The number of hydrogen-bond acceptors (Lipinski definition) is 7. The molecule has 1 aromatic carbocycles. The highest BCUT2D eigenvalue weighted by molar-refractivity contribution is 7.14. The van der Waals surface area contributed by atoms with Crippen LogP contribution in [0.25, 0.3) is 0 Å². The van der Waals surface area contributed by atoms with Gasteiger partial charge in [0.15, 0.2) is 10.9 Å². The van der Waals surface area contributed by atoms with Crippen LogP contribution in [0.15, 0.2) is 52.5 Å². The van der Waals surface area contributed by atoms with Crippen molar-refractivity contribution >= 4 is 34.0 Å². The highest BCUT2D eigenvalue weighted by Gasteiger charge is 2.31. The molecule has 32 heavy (non-hydrogen) atoms. The van der Waals surface area contributed by atoms with Crippen molar-refractivity contribution in [2.75, 3.05) is 31.5 Å². The maximum Gasteiger partial charge on any atom is 0.573 e. The van der Waals surface area contributed by atoms with Crippen LogP contribution in [0.5, 0.6) is 5.75 Å². The van der Waals surface area contributed by atoms with Gasteiger partial charge in [-0.25, -0.2) is 4.98 Å². The van der Waals surface area contributed by atoms with Crippen molar-refractivity contribution < 1.29 is 31.9 Å². The summed E-state index contributed by atoms with van der Waals surface area (Å²) in [6.07, 6.45) is -3.32. The Kier molecular flexibility index (Phi) is 6.04. The summed E-state index contributed by atoms with van der Waals surface area (Å²) in [6, 6.07) is 8.43. The van der Waals surface area contributed by atoms with Crippen molar-refractivity contribution in [3.63, 3.8) is 0 Å². The van der Waals surface area contributed by atoms with E-state index in [4.69, 9.17) is 4.42 Å². The number of ether oxygens (including phenoxy) is 1. The summed E-state index contributed by atoms with van der Waals surface area (Å²) in [6.45, 7) is 1.50. The normalized spacial score (nSPS) is 14.3. The van der Waals surface area contributed by atoms with Crippen molar-refractivity contribution in [3.8, 4) is 5.75 Å². The molecule has 0 aliphatic carbocycles. The number of anilines is 2. The number of thiazole rings is 1. The van der Waals surface area contributed by atoms with Crippen LogP contribution in [0.4, 0.5) is 24.0 Å². The molecule has 0 atom stereocenters. The zero-order chi connectivity index (χ0) is 22.7. The van der Waals surface area contributed by atoms with Gasteiger partial charge in [-0.15, -0.1) is 24.5 Å². The lowest BCUT2D eigenvalue weighted by Gasteiger charge is -2.33. The quantitative estimate of drug-likeness (QED) is 0.612. The van der Waals surface area contributed by atoms with E-state index in [2.05, 4.69) is 15.0 Å². The highest BCUT2D eigenvalue weighted by atomic mass is 32.1. The second-order valence-electron chi connectivity index (χ2n) is 6.80. The van der Waals surface area contributed by atoms with E-state index in [1.54, 1.807) is 27.3 Å². The van der Waals surface area contributed by atoms with Crippen molar-refractivity contribution in [1.29, 1.82) is 0 Å². The van der Waals surface area contributed by atoms with Crippen LogP contribution in [0.1, 0.15) is 21.0 Å². The standard InChI is InChI=1S/C20H17F3N4O4S/c21-20(22,23)31-14-5-3-13(4-6-14)24-19-25-15(12-32-19)17(28)26-7-9-27(10-8-26)18(29)16-2-1-11-30-16/h1-6,11-12H,7-10H2,(H,24,25). The van der Waals surface area contributed by atoms with Crippen molar-refractivity contribution in [2.24, 2.45) is 0 Å². The number of piperazine rings is 1. The summed E-state index contributed by atoms with van der Waals surface area (Å²) in [5.74, 6) is -0.539. The van der Waals surface area contributed by atoms with Gasteiger partial charge >= 0.3 is 6.36 Å². The van der Waals surface area contributed by atoms with E-state index in [0.29, 0.717) is 37.0 Å². The first-order valence-electron chi connectivity index (χ1n) is 9.49. The molecule has 0 unspecified atom stereocenters. The molecule has 2 amide bonds. The van der Waals surface area contributed by atoms with Gasteiger partial charge in [-0.1, -0.05) is 0 Å². The van der Waals surface area contributed by atoms with Crippen molar-refractivity contribution in [2.45, 2.75) is 6.36 Å². The molecule has 0 bridgehead atoms. The first-order valence-corrected chi connectivity index (χ1v) is 10.4. The lowest BCUT2D eigenvalue weighted by atomic mass is 10.2. The summed E-state index contributed by atoms with van der Waals surface area (Å²) in [4.78, 5) is 32.6. The lowest BCUT2D eigenvalue weighted by Crippen LogP contribution is -2.50. The second kappa shape index (κ2) is 8.91. The molecule has 1 aliphatic rings. The third-order valence-electron chi connectivity index (χ3n) is 4.65. The summed E-state index contributed by atoms with van der Waals surface area (Å²) in [7, 11) is 0. The van der Waals surface area contributed by atoms with Crippen LogP contribution >= 0.6 is 11.3 Å². The maximum atomic E-state index is 12.7. The molecule has 3 aromatic rings. The zero-order valence-corrected chi connectivity index (χ0v) is 17.3. The number of benzene rings is 1. The Bertz CT molecular complexity index is 1080. The molecule has 0 radical (unpaired) electrons. The van der Waals surface area contributed by atoms with E-state index in [-0.39, 0.29) is 29.0 Å². The van der Waals surface area contributed by atoms with Gasteiger partial charge in [-0.2, -0.15) is 0 Å². The SMILES string of the molecule is O=C(c1csc(Nc2ccc(OC(F)(F)F)cc2)n1)N1CCN(C(=O)c2ccco2)CC1. The molecule has 1 fully saturated rings. The molecule has 0 spiro atoms. The van der Waals surface area contributed by atoms with Gasteiger partial charge in [0, 0.05) is 37.2 Å². The Hall–Kier alpha value is -3.54. The Morgan fingerprint density at radius 2 is 1.69 bits per heavy atom. The zero-order valence-electron chi connectivity index (χ0n) is 16.5. The van der Waals surface area contributed by atoms with Gasteiger partial charge in [-0.3, -0.25) is 9.59 Å². The van der Waals surface area contributed by atoms with Crippen molar-refractivity contribution in [1.82, 2.24) is 14.8 Å². The maximum absolute atomic E-state index is 12.7. The minimum absolute atomic E-state index is 0.214. The Labute approximate surface area is 184 Å². The van der Waals surface area contributed by atoms with E-state index >= 15 is 0 Å². The van der Waals surface area contributed by atoms with Gasteiger partial charge in [0.2, 0.25) is 0 Å². The largest absolute Gasteiger partial charge is 0.573 e. The van der Waals surface area contributed by atoms with Crippen LogP contribution in [0.3, 0.4) is 0 Å². The predicted molar refractivity (Wildman–Crippen MR) is 109 cm³/mol. The summed E-state index contributed by atoms with van der Waals surface area (Å²) in [5, 5.41) is 4.97. The van der Waals surface area contributed by atoms with Gasteiger partial charge in [0.05, 0.1) is 6.26 Å². The smallest absolute Gasteiger partial charge is 0.459 e. The summed E-state index contributed by atoms with van der Waals surface area (Å²) >= 11 is 1.20. The number of nitrogens with one attached hydrogen (secondary N) is 1. The third kappa shape index (κ3) is 5.19. The van der Waals surface area contributed by atoms with Crippen LogP contribution in [-0.4, -0.2) is 59.1 Å². The molecule has 12 heteroatoms. The molecule has 1 aliphatic heterocycles. The number of amides is 2. The van der Waals surface area contributed by atoms with Gasteiger partial charge in [0.1, 0.15) is 11.4 Å². The molecule has 1 N–H and O–H groups in total. The van der Waals surface area contributed by atoms with E-state index in [9.17, 15) is 22.8 Å². The van der Waals surface area contributed by atoms with Crippen LogP contribution < -0.4 is 10.1 Å². The average molecular weight is 466 g/mol. The van der Waals surface area contributed by atoms with E-state index in [1.807, 2.05) is 0 Å². The molecule has 1 saturated heterocycles. The van der Waals surface area contributed by atoms with Gasteiger partial charge < -0.3 is 24.3 Å².